The van der Waals surface area contributed by atoms with Crippen LogP contribution in [0.2, 0.25) is 0 Å². The monoisotopic (exact) mass is 207 g/mol. The summed E-state index contributed by atoms with van der Waals surface area (Å²) in [6, 6.07) is 5.21. The van der Waals surface area contributed by atoms with Crippen molar-refractivity contribution in [3.05, 3.63) is 28.9 Å². The van der Waals surface area contributed by atoms with Gasteiger partial charge in [0.1, 0.15) is 11.6 Å². The zero-order chi connectivity index (χ0) is 10.1. The molecule has 0 aliphatic carbocycles. The molecular weight excluding hydrogens is 201 g/mol. The van der Waals surface area contributed by atoms with E-state index >= 15 is 0 Å². The highest BCUT2D eigenvalue weighted by Crippen LogP contribution is 2.33. The second-order valence-electron chi connectivity index (χ2n) is 2.75. The van der Waals surface area contributed by atoms with Gasteiger partial charge in [0.05, 0.1) is 24.1 Å². The SMILES string of the molecule is COc1cc(C#N)cc2scc(F)c12. The third kappa shape index (κ3) is 1.22. The van der Waals surface area contributed by atoms with Gasteiger partial charge in [-0.25, -0.2) is 4.39 Å². The molecule has 0 aliphatic rings. The van der Waals surface area contributed by atoms with Crippen molar-refractivity contribution >= 4 is 21.4 Å². The lowest BCUT2D eigenvalue weighted by Gasteiger charge is -2.01. The van der Waals surface area contributed by atoms with Gasteiger partial charge in [-0.1, -0.05) is 0 Å². The van der Waals surface area contributed by atoms with Crippen molar-refractivity contribution in [2.45, 2.75) is 0 Å². The summed E-state index contributed by atoms with van der Waals surface area (Å²) in [5, 5.41) is 10.6. The van der Waals surface area contributed by atoms with E-state index in [2.05, 4.69) is 0 Å². The summed E-state index contributed by atoms with van der Waals surface area (Å²) in [5.74, 6) is 0.115. The van der Waals surface area contributed by atoms with Crippen molar-refractivity contribution in [3.8, 4) is 11.8 Å². The van der Waals surface area contributed by atoms with Crippen molar-refractivity contribution in [3.63, 3.8) is 0 Å². The quantitative estimate of drug-likeness (QED) is 0.720. The van der Waals surface area contributed by atoms with Gasteiger partial charge in [0, 0.05) is 10.1 Å². The molecule has 0 fully saturated rings. The highest BCUT2D eigenvalue weighted by Gasteiger charge is 2.10. The Morgan fingerprint density at radius 2 is 2.29 bits per heavy atom. The summed E-state index contributed by atoms with van der Waals surface area (Å²) in [6.45, 7) is 0. The Morgan fingerprint density at radius 1 is 1.50 bits per heavy atom. The molecule has 2 rings (SSSR count). The van der Waals surface area contributed by atoms with Gasteiger partial charge < -0.3 is 4.74 Å². The van der Waals surface area contributed by atoms with Gasteiger partial charge in [-0.3, -0.25) is 0 Å². The lowest BCUT2D eigenvalue weighted by atomic mass is 10.1. The van der Waals surface area contributed by atoms with E-state index in [0.717, 1.165) is 4.70 Å². The van der Waals surface area contributed by atoms with E-state index in [1.54, 1.807) is 6.07 Å². The largest absolute Gasteiger partial charge is 0.496 e. The molecule has 0 N–H and O–H groups in total. The topological polar surface area (TPSA) is 33.0 Å². The fraction of sp³-hybridized carbons (Fsp3) is 0.100. The minimum Gasteiger partial charge on any atom is -0.496 e. The van der Waals surface area contributed by atoms with Crippen LogP contribution < -0.4 is 4.74 Å². The number of halogens is 1. The number of ether oxygens (including phenoxy) is 1. The lowest BCUT2D eigenvalue weighted by Crippen LogP contribution is -1.86. The Hall–Kier alpha value is -1.60. The van der Waals surface area contributed by atoms with Gasteiger partial charge >= 0.3 is 0 Å². The number of hydrogen-bond acceptors (Lipinski definition) is 3. The van der Waals surface area contributed by atoms with Gasteiger partial charge in [-0.15, -0.1) is 11.3 Å². The molecule has 14 heavy (non-hydrogen) atoms. The van der Waals surface area contributed by atoms with Crippen molar-refractivity contribution in [2.75, 3.05) is 7.11 Å². The summed E-state index contributed by atoms with van der Waals surface area (Å²) in [4.78, 5) is 0. The van der Waals surface area contributed by atoms with Crippen LogP contribution in [0.4, 0.5) is 4.39 Å². The number of benzene rings is 1. The molecule has 1 heterocycles. The summed E-state index contributed by atoms with van der Waals surface area (Å²) in [5.41, 5.74) is 0.483. The molecule has 0 saturated heterocycles. The predicted molar refractivity (Wildman–Crippen MR) is 53.1 cm³/mol. The van der Waals surface area contributed by atoms with E-state index in [1.165, 1.54) is 29.9 Å². The van der Waals surface area contributed by atoms with Crippen molar-refractivity contribution in [2.24, 2.45) is 0 Å². The van der Waals surface area contributed by atoms with Crippen LogP contribution in [0.25, 0.3) is 10.1 Å². The van der Waals surface area contributed by atoms with E-state index in [1.807, 2.05) is 6.07 Å². The van der Waals surface area contributed by atoms with Crippen LogP contribution in [-0.2, 0) is 0 Å². The number of nitriles is 1. The molecule has 2 nitrogen and oxygen atoms in total. The van der Waals surface area contributed by atoms with Crippen molar-refractivity contribution in [1.82, 2.24) is 0 Å². The molecule has 0 radical (unpaired) electrons. The highest BCUT2D eigenvalue weighted by atomic mass is 32.1. The van der Waals surface area contributed by atoms with Crippen molar-refractivity contribution < 1.29 is 9.13 Å². The first-order valence-electron chi connectivity index (χ1n) is 3.91. The molecule has 0 saturated carbocycles. The number of nitrogens with zero attached hydrogens (tertiary/aromatic N) is 1. The summed E-state index contributed by atoms with van der Waals surface area (Å²) in [7, 11) is 1.47. The maximum Gasteiger partial charge on any atom is 0.145 e. The first kappa shape index (κ1) is 8.97. The Labute approximate surface area is 84.2 Å². The minimum atomic E-state index is -0.300. The Balaban J connectivity index is 2.84. The standard InChI is InChI=1S/C10H6FNOS/c1-13-8-2-6(4-12)3-9-10(8)7(11)5-14-9/h2-3,5H,1H3. The van der Waals surface area contributed by atoms with Crippen LogP contribution in [0, 0.1) is 17.1 Å². The molecule has 0 aliphatic heterocycles. The average Bonchev–Trinajstić information content (AvgIpc) is 2.59. The zero-order valence-corrected chi connectivity index (χ0v) is 8.19. The van der Waals surface area contributed by atoms with Crippen LogP contribution in [0.15, 0.2) is 17.5 Å². The summed E-state index contributed by atoms with van der Waals surface area (Å²) in [6.07, 6.45) is 0. The van der Waals surface area contributed by atoms with Crippen LogP contribution in [0.5, 0.6) is 5.75 Å². The Bertz CT molecular complexity index is 527. The molecular formula is C10H6FNOS. The molecule has 2 aromatic rings. The van der Waals surface area contributed by atoms with Crippen LogP contribution in [0.3, 0.4) is 0 Å². The fourth-order valence-electron chi connectivity index (χ4n) is 1.32. The number of methoxy groups -OCH3 is 1. The van der Waals surface area contributed by atoms with Gasteiger partial charge in [0.15, 0.2) is 0 Å². The van der Waals surface area contributed by atoms with E-state index in [9.17, 15) is 4.39 Å². The predicted octanol–water partition coefficient (Wildman–Crippen LogP) is 2.92. The third-order valence-electron chi connectivity index (χ3n) is 1.94. The van der Waals surface area contributed by atoms with Crippen LogP contribution in [0.1, 0.15) is 5.56 Å². The van der Waals surface area contributed by atoms with Gasteiger partial charge in [-0.05, 0) is 12.1 Å². The Kier molecular flexibility index (Phi) is 2.10. The molecule has 1 aromatic heterocycles. The average molecular weight is 207 g/mol. The molecule has 70 valence electrons. The number of rotatable bonds is 1. The zero-order valence-electron chi connectivity index (χ0n) is 7.37. The van der Waals surface area contributed by atoms with E-state index in [-0.39, 0.29) is 5.82 Å². The minimum absolute atomic E-state index is 0.300. The van der Waals surface area contributed by atoms with Gasteiger partial charge in [0.2, 0.25) is 0 Å². The normalized spacial score (nSPS) is 10.1. The second kappa shape index (κ2) is 3.28. The molecule has 0 amide bonds. The third-order valence-corrected chi connectivity index (χ3v) is 2.84. The first-order chi connectivity index (χ1) is 6.76. The highest BCUT2D eigenvalue weighted by molar-refractivity contribution is 7.17. The second-order valence-corrected chi connectivity index (χ2v) is 3.66. The van der Waals surface area contributed by atoms with E-state index < -0.39 is 0 Å². The molecule has 0 unspecified atom stereocenters. The maximum atomic E-state index is 13.3. The number of thiophene rings is 1. The van der Waals surface area contributed by atoms with Crippen LogP contribution in [-0.4, -0.2) is 7.11 Å². The number of fused-ring (bicyclic) bond motifs is 1. The van der Waals surface area contributed by atoms with E-state index in [4.69, 9.17) is 10.00 Å². The van der Waals surface area contributed by atoms with Gasteiger partial charge in [0.25, 0.3) is 0 Å². The maximum absolute atomic E-state index is 13.3. The Morgan fingerprint density at radius 3 is 2.93 bits per heavy atom. The van der Waals surface area contributed by atoms with Crippen molar-refractivity contribution in [1.29, 1.82) is 5.26 Å². The molecule has 0 atom stereocenters. The number of hydrogen-bond donors (Lipinski definition) is 0. The lowest BCUT2D eigenvalue weighted by molar-refractivity contribution is 0.418. The van der Waals surface area contributed by atoms with Crippen LogP contribution >= 0.6 is 11.3 Å². The molecule has 0 bridgehead atoms. The molecule has 0 spiro atoms. The smallest absolute Gasteiger partial charge is 0.145 e. The molecule has 4 heteroatoms. The summed E-state index contributed by atoms with van der Waals surface area (Å²) < 4.78 is 19.0. The summed E-state index contributed by atoms with van der Waals surface area (Å²) >= 11 is 1.27. The first-order valence-corrected chi connectivity index (χ1v) is 4.79. The molecule has 1 aromatic carbocycles. The fourth-order valence-corrected chi connectivity index (χ4v) is 2.18. The van der Waals surface area contributed by atoms with E-state index in [0.29, 0.717) is 16.7 Å². The van der Waals surface area contributed by atoms with Gasteiger partial charge in [-0.2, -0.15) is 5.26 Å².